The lowest BCUT2D eigenvalue weighted by atomic mass is 10.1. The monoisotopic (exact) mass is 222 g/mol. The number of rotatable bonds is 6. The molecule has 0 bridgehead atoms. The molecule has 0 amide bonds. The first kappa shape index (κ1) is 12.1. The van der Waals surface area contributed by atoms with Gasteiger partial charge in [0.15, 0.2) is 11.5 Å². The number of phenols is 1. The summed E-state index contributed by atoms with van der Waals surface area (Å²) in [4.78, 5) is 10.4. The Bertz CT molecular complexity index is 385. The van der Waals surface area contributed by atoms with E-state index in [1.54, 1.807) is 12.1 Å². The molecule has 0 radical (unpaired) electrons. The van der Waals surface area contributed by atoms with Crippen LogP contribution in [0.3, 0.4) is 0 Å². The fraction of sp³-hybridized carbons (Fsp3) is 0.250. The van der Waals surface area contributed by atoms with E-state index in [-0.39, 0.29) is 12.2 Å². The van der Waals surface area contributed by atoms with Gasteiger partial charge < -0.3 is 14.9 Å². The molecule has 0 aliphatic carbocycles. The molecule has 2 N–H and O–H groups in total. The normalized spacial score (nSPS) is 9.75. The lowest BCUT2D eigenvalue weighted by Gasteiger charge is -2.09. The molecule has 0 aromatic heterocycles. The van der Waals surface area contributed by atoms with Crippen LogP contribution >= 0.6 is 0 Å². The van der Waals surface area contributed by atoms with E-state index in [0.717, 1.165) is 5.56 Å². The van der Waals surface area contributed by atoms with Crippen molar-refractivity contribution >= 4 is 5.97 Å². The van der Waals surface area contributed by atoms with Gasteiger partial charge >= 0.3 is 5.97 Å². The third kappa shape index (κ3) is 3.31. The Morgan fingerprint density at radius 1 is 1.50 bits per heavy atom. The number of hydrogen-bond donors (Lipinski definition) is 2. The van der Waals surface area contributed by atoms with Gasteiger partial charge in [-0.05, 0) is 24.5 Å². The van der Waals surface area contributed by atoms with Gasteiger partial charge in [0.05, 0.1) is 6.26 Å². The molecule has 0 spiro atoms. The minimum absolute atomic E-state index is 0.0349. The maximum absolute atomic E-state index is 10.4. The summed E-state index contributed by atoms with van der Waals surface area (Å²) >= 11 is 0. The minimum atomic E-state index is -0.827. The highest BCUT2D eigenvalue weighted by molar-refractivity contribution is 5.66. The standard InChI is InChI=1S/C12H14O4/c1-2-16-12-9(5-3-7-10(12)13)6-4-8-11(14)15/h2-3,5,7,13H,1,4,6,8H2,(H,14,15). The molecule has 0 aliphatic rings. The summed E-state index contributed by atoms with van der Waals surface area (Å²) in [6.07, 6.45) is 2.38. The second-order valence-corrected chi connectivity index (χ2v) is 3.30. The van der Waals surface area contributed by atoms with Crippen LogP contribution in [-0.4, -0.2) is 16.2 Å². The van der Waals surface area contributed by atoms with Gasteiger partial charge in [-0.15, -0.1) is 0 Å². The highest BCUT2D eigenvalue weighted by atomic mass is 16.5. The molecule has 0 fully saturated rings. The molecule has 86 valence electrons. The molecule has 4 heteroatoms. The Morgan fingerprint density at radius 3 is 2.88 bits per heavy atom. The lowest BCUT2D eigenvalue weighted by molar-refractivity contribution is -0.137. The van der Waals surface area contributed by atoms with Crippen molar-refractivity contribution in [3.05, 3.63) is 36.6 Å². The van der Waals surface area contributed by atoms with Gasteiger partial charge in [0, 0.05) is 6.42 Å². The molecule has 0 atom stereocenters. The average Bonchev–Trinajstić information content (AvgIpc) is 2.22. The number of carboxylic acids is 1. The van der Waals surface area contributed by atoms with Crippen LogP contribution in [0.2, 0.25) is 0 Å². The van der Waals surface area contributed by atoms with Crippen molar-refractivity contribution in [3.8, 4) is 11.5 Å². The topological polar surface area (TPSA) is 66.8 Å². The van der Waals surface area contributed by atoms with E-state index in [9.17, 15) is 9.90 Å². The van der Waals surface area contributed by atoms with E-state index in [0.29, 0.717) is 18.6 Å². The van der Waals surface area contributed by atoms with E-state index in [1.807, 2.05) is 0 Å². The van der Waals surface area contributed by atoms with Gasteiger partial charge in [-0.25, -0.2) is 0 Å². The number of ether oxygens (including phenoxy) is 1. The Labute approximate surface area is 93.8 Å². The van der Waals surface area contributed by atoms with Gasteiger partial charge in [0.25, 0.3) is 0 Å². The van der Waals surface area contributed by atoms with Crippen molar-refractivity contribution in [1.29, 1.82) is 0 Å². The molecule has 16 heavy (non-hydrogen) atoms. The Kier molecular flexibility index (Phi) is 4.39. The van der Waals surface area contributed by atoms with E-state index >= 15 is 0 Å². The SMILES string of the molecule is C=COc1c(O)cccc1CCCC(=O)O. The number of aryl methyl sites for hydroxylation is 1. The van der Waals surface area contributed by atoms with Crippen LogP contribution in [-0.2, 0) is 11.2 Å². The van der Waals surface area contributed by atoms with Crippen LogP contribution in [0.4, 0.5) is 0 Å². The molecule has 1 aromatic carbocycles. The Morgan fingerprint density at radius 2 is 2.25 bits per heavy atom. The summed E-state index contributed by atoms with van der Waals surface area (Å²) < 4.78 is 5.09. The second kappa shape index (κ2) is 5.80. The zero-order chi connectivity index (χ0) is 12.0. The van der Waals surface area contributed by atoms with Gasteiger partial charge in [0.1, 0.15) is 0 Å². The summed E-state index contributed by atoms with van der Waals surface area (Å²) in [5.74, 6) is -0.443. The van der Waals surface area contributed by atoms with Crippen molar-refractivity contribution in [3.63, 3.8) is 0 Å². The molecule has 1 rings (SSSR count). The maximum Gasteiger partial charge on any atom is 0.303 e. The molecule has 0 saturated carbocycles. The number of benzene rings is 1. The quantitative estimate of drug-likeness (QED) is 0.725. The van der Waals surface area contributed by atoms with Crippen molar-refractivity contribution in [2.45, 2.75) is 19.3 Å². The number of para-hydroxylation sites is 1. The highest BCUT2D eigenvalue weighted by Gasteiger charge is 2.08. The fourth-order valence-electron chi connectivity index (χ4n) is 1.42. The smallest absolute Gasteiger partial charge is 0.303 e. The third-order valence-electron chi connectivity index (χ3n) is 2.11. The van der Waals surface area contributed by atoms with Crippen molar-refractivity contribution < 1.29 is 19.7 Å². The molecular weight excluding hydrogens is 208 g/mol. The zero-order valence-corrected chi connectivity index (χ0v) is 8.85. The minimum Gasteiger partial charge on any atom is -0.504 e. The number of phenolic OH excluding ortho intramolecular Hbond substituents is 1. The average molecular weight is 222 g/mol. The van der Waals surface area contributed by atoms with Crippen molar-refractivity contribution in [2.75, 3.05) is 0 Å². The van der Waals surface area contributed by atoms with Gasteiger partial charge in [-0.2, -0.15) is 0 Å². The van der Waals surface area contributed by atoms with Gasteiger partial charge in [-0.1, -0.05) is 18.7 Å². The number of hydrogen-bond acceptors (Lipinski definition) is 3. The van der Waals surface area contributed by atoms with Crippen molar-refractivity contribution in [1.82, 2.24) is 0 Å². The lowest BCUT2D eigenvalue weighted by Crippen LogP contribution is -1.97. The van der Waals surface area contributed by atoms with E-state index in [4.69, 9.17) is 9.84 Å². The van der Waals surface area contributed by atoms with Crippen LogP contribution in [0.15, 0.2) is 31.0 Å². The number of aliphatic carboxylic acids is 1. The molecule has 0 saturated heterocycles. The summed E-state index contributed by atoms with van der Waals surface area (Å²) in [6.45, 7) is 3.42. The Hall–Kier alpha value is -1.97. The highest BCUT2D eigenvalue weighted by Crippen LogP contribution is 2.31. The second-order valence-electron chi connectivity index (χ2n) is 3.30. The number of aromatic hydroxyl groups is 1. The molecule has 1 aromatic rings. The van der Waals surface area contributed by atoms with Gasteiger partial charge in [0.2, 0.25) is 0 Å². The van der Waals surface area contributed by atoms with Gasteiger partial charge in [-0.3, -0.25) is 4.79 Å². The van der Waals surface area contributed by atoms with E-state index < -0.39 is 5.97 Å². The Balaban J connectivity index is 2.74. The van der Waals surface area contributed by atoms with Crippen LogP contribution in [0.5, 0.6) is 11.5 Å². The van der Waals surface area contributed by atoms with Crippen LogP contribution in [0.1, 0.15) is 18.4 Å². The van der Waals surface area contributed by atoms with Crippen LogP contribution in [0.25, 0.3) is 0 Å². The number of carboxylic acid groups (broad SMARTS) is 1. The van der Waals surface area contributed by atoms with E-state index in [1.165, 1.54) is 12.3 Å². The summed E-state index contributed by atoms with van der Waals surface area (Å²) in [7, 11) is 0. The fourth-order valence-corrected chi connectivity index (χ4v) is 1.42. The first-order valence-corrected chi connectivity index (χ1v) is 4.95. The first-order valence-electron chi connectivity index (χ1n) is 4.95. The summed E-state index contributed by atoms with van der Waals surface area (Å²) in [5, 5.41) is 18.1. The van der Waals surface area contributed by atoms with E-state index in [2.05, 4.69) is 6.58 Å². The van der Waals surface area contributed by atoms with Crippen LogP contribution in [0, 0.1) is 0 Å². The largest absolute Gasteiger partial charge is 0.504 e. The molecule has 4 nitrogen and oxygen atoms in total. The summed E-state index contributed by atoms with van der Waals surface area (Å²) in [5.41, 5.74) is 0.779. The molecule has 0 heterocycles. The zero-order valence-electron chi connectivity index (χ0n) is 8.85. The predicted octanol–water partition coefficient (Wildman–Crippen LogP) is 2.32. The number of carbonyl (C=O) groups is 1. The maximum atomic E-state index is 10.4. The predicted molar refractivity (Wildman–Crippen MR) is 59.5 cm³/mol. The van der Waals surface area contributed by atoms with Crippen molar-refractivity contribution in [2.24, 2.45) is 0 Å². The van der Waals surface area contributed by atoms with Crippen LogP contribution < -0.4 is 4.74 Å². The third-order valence-corrected chi connectivity index (χ3v) is 2.11. The molecule has 0 aliphatic heterocycles. The molecular formula is C12H14O4. The summed E-state index contributed by atoms with van der Waals surface area (Å²) in [6, 6.07) is 5.00. The molecule has 0 unspecified atom stereocenters. The first-order chi connectivity index (χ1) is 7.65.